The van der Waals surface area contributed by atoms with E-state index in [1.807, 2.05) is 24.3 Å². The minimum atomic E-state index is 0.185. The van der Waals surface area contributed by atoms with Gasteiger partial charge in [-0.15, -0.1) is 0 Å². The maximum Gasteiger partial charge on any atom is 0.155 e. The van der Waals surface area contributed by atoms with Gasteiger partial charge in [0.1, 0.15) is 0 Å². The number of carbonyl (C=O) groups is 1. The molecule has 0 atom stereocenters. The molecule has 1 heteroatoms. The van der Waals surface area contributed by atoms with E-state index in [-0.39, 0.29) is 5.78 Å². The van der Waals surface area contributed by atoms with Crippen LogP contribution in [0.4, 0.5) is 0 Å². The molecule has 0 unspecified atom stereocenters. The van der Waals surface area contributed by atoms with Crippen molar-refractivity contribution >= 4 is 5.78 Å². The molecule has 1 aliphatic rings. The highest BCUT2D eigenvalue weighted by atomic mass is 16.1. The van der Waals surface area contributed by atoms with Crippen LogP contribution in [0.15, 0.2) is 36.0 Å². The van der Waals surface area contributed by atoms with Gasteiger partial charge in [-0.1, -0.05) is 30.4 Å². The van der Waals surface area contributed by atoms with Crippen molar-refractivity contribution in [3.8, 4) is 0 Å². The fourth-order valence-corrected chi connectivity index (χ4v) is 1.03. The third-order valence-corrected chi connectivity index (χ3v) is 1.69. The third kappa shape index (κ3) is 2.54. The smallest absolute Gasteiger partial charge is 0.155 e. The molecule has 0 saturated heterocycles. The van der Waals surface area contributed by atoms with E-state index < -0.39 is 0 Å². The summed E-state index contributed by atoms with van der Waals surface area (Å²) in [6.45, 7) is 1.62. The highest BCUT2D eigenvalue weighted by Crippen LogP contribution is 2.09. The highest BCUT2D eigenvalue weighted by molar-refractivity contribution is 5.93. The Labute approximate surface area is 67.1 Å². The molecule has 0 fully saturated rings. The zero-order valence-corrected chi connectivity index (χ0v) is 6.71. The van der Waals surface area contributed by atoms with Gasteiger partial charge in [0.15, 0.2) is 5.78 Å². The Hall–Kier alpha value is -1.11. The van der Waals surface area contributed by atoms with Crippen LogP contribution in [0.2, 0.25) is 0 Å². The lowest BCUT2D eigenvalue weighted by Gasteiger charge is -2.00. The molecule has 1 nitrogen and oxygen atoms in total. The van der Waals surface area contributed by atoms with E-state index >= 15 is 0 Å². The second-order valence-electron chi connectivity index (χ2n) is 2.60. The first kappa shape index (κ1) is 7.99. The van der Waals surface area contributed by atoms with Crippen LogP contribution in [0.25, 0.3) is 0 Å². The molecule has 0 N–H and O–H groups in total. The zero-order chi connectivity index (χ0) is 8.10. The standard InChI is InChI=1S/C10H12O/c1-9(11)10-7-5-3-2-4-6-8-10/h2-5,7H,6,8H2,1H3/b4-2-,5-3-,10-7+. The van der Waals surface area contributed by atoms with Crippen LogP contribution in [0.1, 0.15) is 19.8 Å². The van der Waals surface area contributed by atoms with Crippen molar-refractivity contribution in [1.29, 1.82) is 0 Å². The minimum Gasteiger partial charge on any atom is -0.295 e. The predicted molar refractivity (Wildman–Crippen MR) is 46.3 cm³/mol. The molecule has 11 heavy (non-hydrogen) atoms. The van der Waals surface area contributed by atoms with Crippen molar-refractivity contribution in [2.24, 2.45) is 0 Å². The van der Waals surface area contributed by atoms with Gasteiger partial charge in [0.25, 0.3) is 0 Å². The Bertz CT molecular complexity index is 231. The van der Waals surface area contributed by atoms with E-state index in [2.05, 4.69) is 6.08 Å². The first-order chi connectivity index (χ1) is 5.30. The average molecular weight is 148 g/mol. The zero-order valence-electron chi connectivity index (χ0n) is 6.71. The fourth-order valence-electron chi connectivity index (χ4n) is 1.03. The summed E-state index contributed by atoms with van der Waals surface area (Å²) in [6.07, 6.45) is 11.7. The van der Waals surface area contributed by atoms with Gasteiger partial charge in [-0.2, -0.15) is 0 Å². The van der Waals surface area contributed by atoms with Gasteiger partial charge in [0, 0.05) is 0 Å². The Morgan fingerprint density at radius 3 is 2.91 bits per heavy atom. The van der Waals surface area contributed by atoms with Gasteiger partial charge < -0.3 is 0 Å². The first-order valence-corrected chi connectivity index (χ1v) is 3.84. The Balaban J connectivity index is 2.73. The molecule has 0 aliphatic heterocycles. The number of carbonyl (C=O) groups excluding carboxylic acids is 1. The number of Topliss-reactive ketones (excluding diaryl/α,β-unsaturated/α-hetero) is 1. The van der Waals surface area contributed by atoms with Gasteiger partial charge >= 0.3 is 0 Å². The van der Waals surface area contributed by atoms with Crippen LogP contribution in [0.3, 0.4) is 0 Å². The summed E-state index contributed by atoms with van der Waals surface area (Å²) in [7, 11) is 0. The molecular formula is C10H12O. The van der Waals surface area contributed by atoms with Gasteiger partial charge in [0.05, 0.1) is 0 Å². The van der Waals surface area contributed by atoms with Gasteiger partial charge in [-0.25, -0.2) is 0 Å². The molecule has 0 aromatic heterocycles. The topological polar surface area (TPSA) is 17.1 Å². The van der Waals surface area contributed by atoms with E-state index in [9.17, 15) is 4.79 Å². The molecule has 0 aromatic rings. The molecule has 1 aliphatic carbocycles. The highest BCUT2D eigenvalue weighted by Gasteiger charge is 2.00. The number of rotatable bonds is 1. The predicted octanol–water partition coefficient (Wildman–Crippen LogP) is 2.41. The average Bonchev–Trinajstić information content (AvgIpc) is 1.84. The van der Waals surface area contributed by atoms with Crippen LogP contribution in [0, 0.1) is 0 Å². The molecule has 0 radical (unpaired) electrons. The van der Waals surface area contributed by atoms with Gasteiger partial charge in [0.2, 0.25) is 0 Å². The second-order valence-corrected chi connectivity index (χ2v) is 2.60. The summed E-state index contributed by atoms with van der Waals surface area (Å²) >= 11 is 0. The van der Waals surface area contributed by atoms with Crippen molar-refractivity contribution in [2.75, 3.05) is 0 Å². The molecular weight excluding hydrogens is 136 g/mol. The normalized spacial score (nSPS) is 27.5. The number of hydrogen-bond donors (Lipinski definition) is 0. The van der Waals surface area contributed by atoms with Gasteiger partial charge in [-0.3, -0.25) is 4.79 Å². The lowest BCUT2D eigenvalue weighted by Crippen LogP contribution is -1.95. The number of hydrogen-bond acceptors (Lipinski definition) is 1. The lowest BCUT2D eigenvalue weighted by molar-refractivity contribution is -0.113. The number of ketones is 1. The third-order valence-electron chi connectivity index (χ3n) is 1.69. The molecule has 0 amide bonds. The molecule has 1 rings (SSSR count). The summed E-state index contributed by atoms with van der Waals surface area (Å²) in [6, 6.07) is 0. The van der Waals surface area contributed by atoms with Crippen LogP contribution >= 0.6 is 0 Å². The van der Waals surface area contributed by atoms with Crippen molar-refractivity contribution in [2.45, 2.75) is 19.8 Å². The van der Waals surface area contributed by atoms with E-state index in [1.165, 1.54) is 0 Å². The van der Waals surface area contributed by atoms with E-state index in [4.69, 9.17) is 0 Å². The Kier molecular flexibility index (Phi) is 2.84. The summed E-state index contributed by atoms with van der Waals surface area (Å²) in [5.74, 6) is 0.185. The summed E-state index contributed by atoms with van der Waals surface area (Å²) in [5, 5.41) is 0. The maximum atomic E-state index is 10.9. The Morgan fingerprint density at radius 1 is 1.36 bits per heavy atom. The van der Waals surface area contributed by atoms with Crippen molar-refractivity contribution in [3.63, 3.8) is 0 Å². The van der Waals surface area contributed by atoms with Crippen molar-refractivity contribution in [3.05, 3.63) is 36.0 Å². The minimum absolute atomic E-state index is 0.185. The summed E-state index contributed by atoms with van der Waals surface area (Å²) in [5.41, 5.74) is 0.922. The SMILES string of the molecule is CC(=O)/C1=C/C=C\C=C/CC1. The van der Waals surface area contributed by atoms with E-state index in [0.29, 0.717) is 0 Å². The van der Waals surface area contributed by atoms with Gasteiger partial charge in [-0.05, 0) is 25.3 Å². The molecule has 0 heterocycles. The van der Waals surface area contributed by atoms with Crippen molar-refractivity contribution in [1.82, 2.24) is 0 Å². The second kappa shape index (κ2) is 3.91. The van der Waals surface area contributed by atoms with E-state index in [1.54, 1.807) is 6.92 Å². The van der Waals surface area contributed by atoms with Crippen LogP contribution in [-0.2, 0) is 4.79 Å². The summed E-state index contributed by atoms with van der Waals surface area (Å²) in [4.78, 5) is 10.9. The molecule has 0 aromatic carbocycles. The monoisotopic (exact) mass is 148 g/mol. The number of allylic oxidation sites excluding steroid dienone is 6. The lowest BCUT2D eigenvalue weighted by atomic mass is 10.0. The molecule has 0 bridgehead atoms. The van der Waals surface area contributed by atoms with Crippen LogP contribution in [-0.4, -0.2) is 5.78 Å². The van der Waals surface area contributed by atoms with Crippen molar-refractivity contribution < 1.29 is 4.79 Å². The van der Waals surface area contributed by atoms with Crippen LogP contribution < -0.4 is 0 Å². The first-order valence-electron chi connectivity index (χ1n) is 3.84. The van der Waals surface area contributed by atoms with Crippen LogP contribution in [0.5, 0.6) is 0 Å². The molecule has 0 saturated carbocycles. The summed E-state index contributed by atoms with van der Waals surface area (Å²) < 4.78 is 0. The van der Waals surface area contributed by atoms with E-state index in [0.717, 1.165) is 18.4 Å². The molecule has 0 spiro atoms. The maximum absolute atomic E-state index is 10.9. The molecule has 58 valence electrons. The Morgan fingerprint density at radius 2 is 2.18 bits per heavy atom. The fraction of sp³-hybridized carbons (Fsp3) is 0.300. The quantitative estimate of drug-likeness (QED) is 0.558. The largest absolute Gasteiger partial charge is 0.295 e.